The Morgan fingerprint density at radius 3 is 1.75 bits per heavy atom. The fourth-order valence-corrected chi connectivity index (χ4v) is 4.08. The quantitative estimate of drug-likeness (QED) is 0.654. The van der Waals surface area contributed by atoms with E-state index in [1.54, 1.807) is 0 Å². The number of carbonyl (C=O) groups excluding carboxylic acids is 1. The highest BCUT2D eigenvalue weighted by Gasteiger charge is 2.47. The number of amides is 1. The smallest absolute Gasteiger partial charge is 0.373 e. The summed E-state index contributed by atoms with van der Waals surface area (Å²) in [4.78, 5) is 11.1. The topological polar surface area (TPSA) is 56.8 Å². The molecule has 0 heterocycles. The number of carbonyl (C=O) groups is 1. The Morgan fingerprint density at radius 1 is 1.12 bits per heavy atom. The summed E-state index contributed by atoms with van der Waals surface area (Å²) in [5, 5.41) is 2.79. The summed E-state index contributed by atoms with van der Waals surface area (Å²) in [6, 6.07) is 0. The van der Waals surface area contributed by atoms with Gasteiger partial charge in [-0.3, -0.25) is 4.79 Å². The van der Waals surface area contributed by atoms with Gasteiger partial charge in [-0.1, -0.05) is 0 Å². The van der Waals surface area contributed by atoms with Crippen molar-refractivity contribution in [2.24, 2.45) is 0 Å². The van der Waals surface area contributed by atoms with E-state index < -0.39 is 8.80 Å². The monoisotopic (exact) mass is 249 g/mol. The van der Waals surface area contributed by atoms with Crippen molar-refractivity contribution in [1.82, 2.24) is 5.32 Å². The lowest BCUT2D eigenvalue weighted by Gasteiger charge is -2.33. The zero-order chi connectivity index (χ0) is 12.6. The standard InChI is InChI=1S/C10H23NO4Si/c1-6-13-16(14-7-2,15-8-3)10(5)11-9(4)12/h10H,6-8H2,1-5H3,(H,11,12). The van der Waals surface area contributed by atoms with Crippen molar-refractivity contribution in [1.29, 1.82) is 0 Å². The third kappa shape index (κ3) is 4.61. The molecule has 0 aliphatic heterocycles. The number of rotatable bonds is 8. The molecule has 1 unspecified atom stereocenters. The molecule has 0 aromatic carbocycles. The molecule has 0 radical (unpaired) electrons. The van der Waals surface area contributed by atoms with Gasteiger partial charge in [0.1, 0.15) is 0 Å². The average Bonchev–Trinajstić information content (AvgIpc) is 2.17. The molecule has 0 spiro atoms. The third-order valence-electron chi connectivity index (χ3n) is 1.99. The Balaban J connectivity index is 4.74. The van der Waals surface area contributed by atoms with Gasteiger partial charge in [-0.15, -0.1) is 0 Å². The molecule has 1 amide bonds. The van der Waals surface area contributed by atoms with Crippen LogP contribution in [0.25, 0.3) is 0 Å². The molecule has 0 fully saturated rings. The predicted octanol–water partition coefficient (Wildman–Crippen LogP) is 1.10. The molecule has 0 aromatic heterocycles. The molecule has 0 aromatic rings. The van der Waals surface area contributed by atoms with Gasteiger partial charge in [0.15, 0.2) is 0 Å². The highest BCUT2D eigenvalue weighted by molar-refractivity contribution is 6.62. The molecular formula is C10H23NO4Si. The summed E-state index contributed by atoms with van der Waals surface area (Å²) in [5.74, 6) is -0.108. The van der Waals surface area contributed by atoms with Crippen molar-refractivity contribution in [2.75, 3.05) is 19.8 Å². The van der Waals surface area contributed by atoms with E-state index in [1.807, 2.05) is 27.7 Å². The van der Waals surface area contributed by atoms with Crippen LogP contribution >= 0.6 is 0 Å². The van der Waals surface area contributed by atoms with Crippen molar-refractivity contribution in [3.8, 4) is 0 Å². The van der Waals surface area contributed by atoms with E-state index >= 15 is 0 Å². The fraction of sp³-hybridized carbons (Fsp3) is 0.900. The Labute approximate surface area is 98.8 Å². The van der Waals surface area contributed by atoms with Crippen LogP contribution in [0.1, 0.15) is 34.6 Å². The van der Waals surface area contributed by atoms with Crippen LogP contribution < -0.4 is 5.32 Å². The van der Waals surface area contributed by atoms with E-state index in [1.165, 1.54) is 6.92 Å². The van der Waals surface area contributed by atoms with E-state index in [0.717, 1.165) is 0 Å². The van der Waals surface area contributed by atoms with Gasteiger partial charge in [-0.25, -0.2) is 0 Å². The summed E-state index contributed by atoms with van der Waals surface area (Å²) in [5.41, 5.74) is -0.232. The summed E-state index contributed by atoms with van der Waals surface area (Å²) < 4.78 is 17.0. The van der Waals surface area contributed by atoms with Crippen LogP contribution in [0.2, 0.25) is 0 Å². The number of nitrogens with one attached hydrogen (secondary N) is 1. The minimum absolute atomic E-state index is 0.108. The van der Waals surface area contributed by atoms with Crippen molar-refractivity contribution < 1.29 is 18.1 Å². The van der Waals surface area contributed by atoms with Gasteiger partial charge in [0, 0.05) is 26.7 Å². The molecule has 0 aliphatic carbocycles. The molecule has 0 saturated carbocycles. The second kappa shape index (κ2) is 7.78. The van der Waals surface area contributed by atoms with Crippen molar-refractivity contribution in [3.05, 3.63) is 0 Å². The molecule has 5 nitrogen and oxygen atoms in total. The van der Waals surface area contributed by atoms with Crippen LogP contribution in [0.4, 0.5) is 0 Å². The van der Waals surface area contributed by atoms with Gasteiger partial charge >= 0.3 is 8.80 Å². The number of hydrogen-bond donors (Lipinski definition) is 1. The minimum Gasteiger partial charge on any atom is -0.373 e. The first-order valence-electron chi connectivity index (χ1n) is 5.71. The molecule has 0 aliphatic rings. The van der Waals surface area contributed by atoms with E-state index in [9.17, 15) is 4.79 Å². The van der Waals surface area contributed by atoms with Gasteiger partial charge < -0.3 is 18.6 Å². The second-order valence-corrected chi connectivity index (χ2v) is 6.26. The van der Waals surface area contributed by atoms with Crippen molar-refractivity contribution >= 4 is 14.7 Å². The molecule has 1 N–H and O–H groups in total. The Bertz CT molecular complexity index is 196. The Kier molecular flexibility index (Phi) is 7.57. The summed E-state index contributed by atoms with van der Waals surface area (Å²) in [6.45, 7) is 10.5. The van der Waals surface area contributed by atoms with Gasteiger partial charge in [0.05, 0.1) is 5.67 Å². The van der Waals surface area contributed by atoms with Gasteiger partial charge in [0.25, 0.3) is 0 Å². The highest BCUT2D eigenvalue weighted by Crippen LogP contribution is 2.15. The molecule has 0 rings (SSSR count). The van der Waals surface area contributed by atoms with Crippen LogP contribution in [0.5, 0.6) is 0 Å². The zero-order valence-electron chi connectivity index (χ0n) is 10.8. The van der Waals surface area contributed by atoms with Gasteiger partial charge in [-0.2, -0.15) is 0 Å². The van der Waals surface area contributed by atoms with Crippen LogP contribution in [-0.4, -0.2) is 40.2 Å². The zero-order valence-corrected chi connectivity index (χ0v) is 11.8. The fourth-order valence-electron chi connectivity index (χ4n) is 1.50. The summed E-state index contributed by atoms with van der Waals surface area (Å²) in [6.07, 6.45) is 0. The maximum absolute atomic E-state index is 11.1. The third-order valence-corrected chi connectivity index (χ3v) is 5.26. The molecule has 1 atom stereocenters. The van der Waals surface area contributed by atoms with Crippen LogP contribution in [0.15, 0.2) is 0 Å². The second-order valence-electron chi connectivity index (χ2n) is 3.32. The summed E-state index contributed by atoms with van der Waals surface area (Å²) in [7, 11) is -2.79. The molecular weight excluding hydrogens is 226 g/mol. The maximum atomic E-state index is 11.1. The van der Waals surface area contributed by atoms with E-state index in [0.29, 0.717) is 19.8 Å². The lowest BCUT2D eigenvalue weighted by atomic mass is 10.6. The molecule has 0 bridgehead atoms. The number of hydrogen-bond acceptors (Lipinski definition) is 4. The van der Waals surface area contributed by atoms with E-state index in [4.69, 9.17) is 13.3 Å². The van der Waals surface area contributed by atoms with Crippen LogP contribution in [-0.2, 0) is 18.1 Å². The predicted molar refractivity (Wildman–Crippen MR) is 63.9 cm³/mol. The maximum Gasteiger partial charge on any atom is 0.524 e. The first-order chi connectivity index (χ1) is 7.52. The molecule has 96 valence electrons. The van der Waals surface area contributed by atoms with E-state index in [2.05, 4.69) is 5.32 Å². The lowest BCUT2D eigenvalue weighted by Crippen LogP contribution is -2.61. The van der Waals surface area contributed by atoms with Crippen molar-refractivity contribution in [3.63, 3.8) is 0 Å². The Morgan fingerprint density at radius 2 is 1.50 bits per heavy atom. The van der Waals surface area contributed by atoms with Crippen LogP contribution in [0.3, 0.4) is 0 Å². The first kappa shape index (κ1) is 15.6. The Hall–Kier alpha value is -0.433. The lowest BCUT2D eigenvalue weighted by molar-refractivity contribution is -0.119. The normalized spacial score (nSPS) is 13.6. The highest BCUT2D eigenvalue weighted by atomic mass is 28.4. The molecule has 6 heteroatoms. The minimum atomic E-state index is -2.79. The van der Waals surface area contributed by atoms with Crippen molar-refractivity contribution in [2.45, 2.75) is 40.3 Å². The largest absolute Gasteiger partial charge is 0.524 e. The van der Waals surface area contributed by atoms with Crippen LogP contribution in [0, 0.1) is 0 Å². The summed E-state index contributed by atoms with van der Waals surface area (Å²) >= 11 is 0. The molecule has 0 saturated heterocycles. The molecule has 16 heavy (non-hydrogen) atoms. The van der Waals surface area contributed by atoms with E-state index in [-0.39, 0.29) is 11.6 Å². The average molecular weight is 249 g/mol. The first-order valence-corrected chi connectivity index (χ1v) is 7.51. The van der Waals surface area contributed by atoms with Gasteiger partial charge in [0.2, 0.25) is 5.91 Å². The van der Waals surface area contributed by atoms with Gasteiger partial charge in [-0.05, 0) is 27.7 Å². The SMILES string of the molecule is CCO[Si](OCC)(OCC)C(C)NC(C)=O.